The molecule has 0 radical (unpaired) electrons. The summed E-state index contributed by atoms with van der Waals surface area (Å²) in [6, 6.07) is 1.11. The predicted molar refractivity (Wildman–Crippen MR) is 43.3 cm³/mol. The molecule has 13 heavy (non-hydrogen) atoms. The number of methoxy groups -OCH3 is 1. The second-order valence-corrected chi connectivity index (χ2v) is 2.40. The van der Waals surface area contributed by atoms with Crippen LogP contribution in [-0.2, 0) is 0 Å². The van der Waals surface area contributed by atoms with E-state index in [0.29, 0.717) is 4.73 Å². The van der Waals surface area contributed by atoms with Crippen molar-refractivity contribution in [1.29, 1.82) is 0 Å². The Hall–Kier alpha value is -1.85. The molecular formula is C7H8N2O4. The molecule has 1 aromatic heterocycles. The summed E-state index contributed by atoms with van der Waals surface area (Å²) in [5.74, 6) is 0.00231. The molecule has 0 atom stereocenters. The maximum atomic E-state index is 11.0. The van der Waals surface area contributed by atoms with E-state index in [-0.39, 0.29) is 17.1 Å². The van der Waals surface area contributed by atoms with Crippen molar-refractivity contribution in [2.24, 2.45) is 0 Å². The van der Waals surface area contributed by atoms with E-state index in [0.717, 1.165) is 12.3 Å². The summed E-state index contributed by atoms with van der Waals surface area (Å²) < 4.78 is 5.28. The Balaban J connectivity index is 3.38. The molecule has 0 unspecified atom stereocenters. The van der Waals surface area contributed by atoms with E-state index < -0.39 is 4.92 Å². The largest absolute Gasteiger partial charge is 0.618 e. The number of hydrogen-bond acceptors (Lipinski definition) is 4. The molecule has 0 saturated carbocycles. The van der Waals surface area contributed by atoms with Gasteiger partial charge in [-0.2, -0.15) is 4.73 Å². The van der Waals surface area contributed by atoms with Crippen LogP contribution in [0.4, 0.5) is 5.69 Å². The molecule has 1 rings (SSSR count). The van der Waals surface area contributed by atoms with Gasteiger partial charge < -0.3 is 9.94 Å². The van der Waals surface area contributed by atoms with Crippen molar-refractivity contribution < 1.29 is 14.4 Å². The SMILES string of the molecule is COc1c([N+](=O)[O-])cc[n+]([O-])c1C. The zero-order valence-electron chi connectivity index (χ0n) is 7.18. The molecule has 0 fully saturated rings. The lowest BCUT2D eigenvalue weighted by atomic mass is 10.3. The smallest absolute Gasteiger partial charge is 0.323 e. The van der Waals surface area contributed by atoms with Gasteiger partial charge in [-0.3, -0.25) is 10.1 Å². The lowest BCUT2D eigenvalue weighted by Gasteiger charge is -2.04. The number of aromatic nitrogens is 1. The van der Waals surface area contributed by atoms with Crippen molar-refractivity contribution in [1.82, 2.24) is 0 Å². The van der Waals surface area contributed by atoms with Crippen LogP contribution in [0.1, 0.15) is 5.69 Å². The highest BCUT2D eigenvalue weighted by molar-refractivity contribution is 5.45. The van der Waals surface area contributed by atoms with Crippen LogP contribution >= 0.6 is 0 Å². The van der Waals surface area contributed by atoms with Crippen LogP contribution in [-0.4, -0.2) is 12.0 Å². The summed E-state index contributed by atoms with van der Waals surface area (Å²) in [6.07, 6.45) is 1.08. The van der Waals surface area contributed by atoms with Crippen LogP contribution in [0.15, 0.2) is 12.3 Å². The third-order valence-corrected chi connectivity index (χ3v) is 1.66. The van der Waals surface area contributed by atoms with E-state index in [1.165, 1.54) is 14.0 Å². The summed E-state index contributed by atoms with van der Waals surface area (Å²) in [6.45, 7) is 1.46. The molecule has 0 aliphatic heterocycles. The Morgan fingerprint density at radius 1 is 1.62 bits per heavy atom. The fourth-order valence-corrected chi connectivity index (χ4v) is 1.01. The third kappa shape index (κ3) is 1.51. The van der Waals surface area contributed by atoms with Crippen LogP contribution in [0.25, 0.3) is 0 Å². The first-order valence-corrected chi connectivity index (χ1v) is 3.49. The molecule has 0 aliphatic rings. The predicted octanol–water partition coefficient (Wildman–Crippen LogP) is 0.545. The first-order valence-electron chi connectivity index (χ1n) is 3.49. The topological polar surface area (TPSA) is 79.3 Å². The molecule has 6 nitrogen and oxygen atoms in total. The minimum Gasteiger partial charge on any atom is -0.618 e. The molecule has 0 aromatic carbocycles. The first-order chi connectivity index (χ1) is 6.07. The third-order valence-electron chi connectivity index (χ3n) is 1.66. The summed E-state index contributed by atoms with van der Waals surface area (Å²) in [4.78, 5) is 9.87. The van der Waals surface area contributed by atoms with Crippen LogP contribution in [0.3, 0.4) is 0 Å². The van der Waals surface area contributed by atoms with E-state index in [1.54, 1.807) is 0 Å². The molecule has 0 amide bonds. The number of pyridine rings is 1. The summed E-state index contributed by atoms with van der Waals surface area (Å²) in [5.41, 5.74) is -0.0243. The summed E-state index contributed by atoms with van der Waals surface area (Å²) in [5, 5.41) is 21.4. The molecule has 0 bridgehead atoms. The lowest BCUT2D eigenvalue weighted by Crippen LogP contribution is -2.29. The van der Waals surface area contributed by atoms with Crippen molar-refractivity contribution in [3.63, 3.8) is 0 Å². The monoisotopic (exact) mass is 184 g/mol. The molecule has 0 N–H and O–H groups in total. The van der Waals surface area contributed by atoms with Gasteiger partial charge in [-0.15, -0.1) is 0 Å². The number of hydrogen-bond donors (Lipinski definition) is 0. The van der Waals surface area contributed by atoms with Gasteiger partial charge in [0.05, 0.1) is 18.1 Å². The average molecular weight is 184 g/mol. The molecular weight excluding hydrogens is 176 g/mol. The van der Waals surface area contributed by atoms with Gasteiger partial charge in [-0.25, -0.2) is 0 Å². The van der Waals surface area contributed by atoms with E-state index in [4.69, 9.17) is 4.74 Å². The van der Waals surface area contributed by atoms with Crippen molar-refractivity contribution in [2.75, 3.05) is 7.11 Å². The second-order valence-electron chi connectivity index (χ2n) is 2.40. The highest BCUT2D eigenvalue weighted by Gasteiger charge is 2.22. The normalized spacial score (nSPS) is 9.69. The van der Waals surface area contributed by atoms with Crippen molar-refractivity contribution in [3.8, 4) is 5.75 Å². The minimum absolute atomic E-state index is 0.00231. The molecule has 0 spiro atoms. The maximum Gasteiger partial charge on any atom is 0.323 e. The van der Waals surface area contributed by atoms with Crippen LogP contribution < -0.4 is 9.47 Å². The van der Waals surface area contributed by atoms with E-state index in [9.17, 15) is 15.3 Å². The molecule has 1 aromatic rings. The van der Waals surface area contributed by atoms with Gasteiger partial charge >= 0.3 is 5.69 Å². The second kappa shape index (κ2) is 3.26. The summed E-state index contributed by atoms with van der Waals surface area (Å²) in [7, 11) is 1.29. The standard InChI is InChI=1S/C7H8N2O4/c1-5-7(13-2)6(9(11)12)3-4-8(5)10/h3-4H,1-2H3. The Labute approximate surface area is 74.1 Å². The number of ether oxygens (including phenoxy) is 1. The van der Waals surface area contributed by atoms with Crippen LogP contribution in [0.5, 0.6) is 5.75 Å². The zero-order valence-corrected chi connectivity index (χ0v) is 7.18. The highest BCUT2D eigenvalue weighted by atomic mass is 16.6. The Morgan fingerprint density at radius 3 is 2.69 bits per heavy atom. The fourth-order valence-electron chi connectivity index (χ4n) is 1.01. The first kappa shape index (κ1) is 9.24. The van der Waals surface area contributed by atoms with Crippen molar-refractivity contribution >= 4 is 5.69 Å². The molecule has 6 heteroatoms. The van der Waals surface area contributed by atoms with Crippen molar-refractivity contribution in [3.05, 3.63) is 33.3 Å². The number of nitrogens with zero attached hydrogens (tertiary/aromatic N) is 2. The Morgan fingerprint density at radius 2 is 2.23 bits per heavy atom. The van der Waals surface area contributed by atoms with Gasteiger partial charge in [0.15, 0.2) is 6.20 Å². The molecule has 70 valence electrons. The Bertz CT molecular complexity index is 351. The highest BCUT2D eigenvalue weighted by Crippen LogP contribution is 2.26. The minimum atomic E-state index is -0.591. The van der Waals surface area contributed by atoms with Gasteiger partial charge in [-0.05, 0) is 0 Å². The summed E-state index contributed by atoms with van der Waals surface area (Å²) >= 11 is 0. The van der Waals surface area contributed by atoms with Gasteiger partial charge in [-0.1, -0.05) is 0 Å². The van der Waals surface area contributed by atoms with Gasteiger partial charge in [0, 0.05) is 6.92 Å². The Kier molecular flexibility index (Phi) is 2.32. The van der Waals surface area contributed by atoms with Crippen LogP contribution in [0.2, 0.25) is 0 Å². The van der Waals surface area contributed by atoms with Gasteiger partial charge in [0.2, 0.25) is 5.69 Å². The molecule has 1 heterocycles. The fraction of sp³-hybridized carbons (Fsp3) is 0.286. The molecule has 0 aliphatic carbocycles. The van der Waals surface area contributed by atoms with E-state index >= 15 is 0 Å². The van der Waals surface area contributed by atoms with Crippen molar-refractivity contribution in [2.45, 2.75) is 6.92 Å². The average Bonchev–Trinajstić information content (AvgIpc) is 2.09. The van der Waals surface area contributed by atoms with Crippen LogP contribution in [0, 0.1) is 22.2 Å². The number of nitro groups is 1. The zero-order chi connectivity index (χ0) is 10.0. The maximum absolute atomic E-state index is 11.0. The quantitative estimate of drug-likeness (QED) is 0.291. The van der Waals surface area contributed by atoms with Gasteiger partial charge in [0.1, 0.15) is 0 Å². The molecule has 0 saturated heterocycles. The van der Waals surface area contributed by atoms with E-state index in [1.807, 2.05) is 0 Å². The van der Waals surface area contributed by atoms with Gasteiger partial charge in [0.25, 0.3) is 5.75 Å². The number of rotatable bonds is 2. The lowest BCUT2D eigenvalue weighted by molar-refractivity contribution is -0.613. The van der Waals surface area contributed by atoms with E-state index in [2.05, 4.69) is 0 Å².